The number of carbonyl (C=O) groups excluding carboxylic acids is 2. The predicted octanol–water partition coefficient (Wildman–Crippen LogP) is 3.94. The van der Waals surface area contributed by atoms with Gasteiger partial charge < -0.3 is 19.9 Å². The van der Waals surface area contributed by atoms with E-state index in [1.807, 2.05) is 35.2 Å². The Hall–Kier alpha value is -2.81. The highest BCUT2D eigenvalue weighted by molar-refractivity contribution is 8.00. The van der Waals surface area contributed by atoms with E-state index in [1.165, 1.54) is 6.07 Å². The first-order valence-electron chi connectivity index (χ1n) is 10.1. The van der Waals surface area contributed by atoms with Crippen LogP contribution < -0.4 is 10.1 Å². The van der Waals surface area contributed by atoms with Crippen molar-refractivity contribution in [2.75, 3.05) is 37.3 Å². The van der Waals surface area contributed by atoms with Crippen molar-refractivity contribution < 1.29 is 23.1 Å². The molecule has 1 spiro atoms. The molecule has 3 amide bonds. The lowest BCUT2D eigenvalue weighted by molar-refractivity contribution is -0.136. The summed E-state index contributed by atoms with van der Waals surface area (Å²) in [5.74, 6) is -0.534. The number of likely N-dealkylation sites (tertiary alicyclic amines) is 1. The summed E-state index contributed by atoms with van der Waals surface area (Å²) in [6.07, 6.45) is 1.28. The fraction of sp³-hybridized carbons (Fsp3) is 0.364. The Kier molecular flexibility index (Phi) is 6.31. The maximum atomic E-state index is 13.4. The van der Waals surface area contributed by atoms with E-state index in [-0.39, 0.29) is 29.1 Å². The Balaban J connectivity index is 1.33. The van der Waals surface area contributed by atoms with E-state index in [1.54, 1.807) is 16.7 Å². The highest BCUT2D eigenvalue weighted by Gasteiger charge is 2.46. The molecular weight excluding hydrogens is 424 g/mol. The number of carbonyl (C=O) groups is 2. The highest BCUT2D eigenvalue weighted by atomic mass is 32.2. The zero-order valence-corrected chi connectivity index (χ0v) is 17.7. The molecule has 2 aromatic carbocycles. The minimum absolute atomic E-state index is 0.0212. The maximum Gasteiger partial charge on any atom is 0.321 e. The number of ether oxygens (including phenoxy) is 1. The smallest absolute Gasteiger partial charge is 0.321 e. The van der Waals surface area contributed by atoms with Crippen LogP contribution >= 0.6 is 11.8 Å². The molecular formula is C22H23F2N3O3S. The number of benzene rings is 2. The number of nitrogens with one attached hydrogen (secondary N) is 1. The number of anilines is 1. The molecule has 2 fully saturated rings. The average molecular weight is 448 g/mol. The van der Waals surface area contributed by atoms with E-state index in [0.717, 1.165) is 17.9 Å². The van der Waals surface area contributed by atoms with Gasteiger partial charge in [-0.3, -0.25) is 4.79 Å². The Bertz CT molecular complexity index is 952. The third-order valence-corrected chi connectivity index (χ3v) is 7.14. The number of rotatable bonds is 4. The second kappa shape index (κ2) is 9.13. The van der Waals surface area contributed by atoms with Gasteiger partial charge in [-0.2, -0.15) is 0 Å². The number of amides is 3. The lowest BCUT2D eigenvalue weighted by atomic mass is 10.0. The Labute approximate surface area is 183 Å². The molecule has 2 aliphatic rings. The molecule has 0 aromatic heterocycles. The highest BCUT2D eigenvalue weighted by Crippen LogP contribution is 2.44. The van der Waals surface area contributed by atoms with E-state index in [4.69, 9.17) is 4.74 Å². The lowest BCUT2D eigenvalue weighted by Gasteiger charge is -2.43. The Morgan fingerprint density at radius 1 is 1.03 bits per heavy atom. The second-order valence-corrected chi connectivity index (χ2v) is 8.94. The van der Waals surface area contributed by atoms with E-state index >= 15 is 0 Å². The third-order valence-electron chi connectivity index (χ3n) is 5.59. The molecule has 0 aliphatic carbocycles. The maximum absolute atomic E-state index is 13.4. The first kappa shape index (κ1) is 21.4. The molecule has 31 heavy (non-hydrogen) atoms. The number of piperidine rings is 1. The SMILES string of the molecule is O=C(Nc1ccc(F)c(F)c1)N1CCC2(CC1)SCCN2C(=O)COc1ccccc1. The molecule has 0 radical (unpaired) electrons. The van der Waals surface area contributed by atoms with Crippen molar-refractivity contribution in [2.45, 2.75) is 17.7 Å². The van der Waals surface area contributed by atoms with Gasteiger partial charge in [0.1, 0.15) is 5.75 Å². The molecule has 6 nitrogen and oxygen atoms in total. The number of halogens is 2. The number of hydrogen-bond acceptors (Lipinski definition) is 4. The number of urea groups is 1. The summed E-state index contributed by atoms with van der Waals surface area (Å²) in [5, 5.41) is 2.60. The van der Waals surface area contributed by atoms with Gasteiger partial charge in [0.15, 0.2) is 18.2 Å². The zero-order valence-electron chi connectivity index (χ0n) is 16.9. The normalized spacial score (nSPS) is 17.6. The number of nitrogens with zero attached hydrogens (tertiary/aromatic N) is 2. The first-order valence-corrected chi connectivity index (χ1v) is 11.1. The van der Waals surface area contributed by atoms with Crippen molar-refractivity contribution in [3.05, 3.63) is 60.2 Å². The number of hydrogen-bond donors (Lipinski definition) is 1. The summed E-state index contributed by atoms with van der Waals surface area (Å²) in [4.78, 5) is 28.5. The van der Waals surface area contributed by atoms with E-state index in [0.29, 0.717) is 38.2 Å². The second-order valence-electron chi connectivity index (χ2n) is 7.49. The molecule has 2 saturated heterocycles. The molecule has 2 aliphatic heterocycles. The first-order chi connectivity index (χ1) is 15.0. The van der Waals surface area contributed by atoms with Crippen LogP contribution in [0.2, 0.25) is 0 Å². The van der Waals surface area contributed by atoms with Crippen molar-refractivity contribution in [3.8, 4) is 5.75 Å². The molecule has 0 unspecified atom stereocenters. The summed E-state index contributed by atoms with van der Waals surface area (Å²) in [6.45, 7) is 1.56. The molecule has 0 saturated carbocycles. The molecule has 2 heterocycles. The minimum atomic E-state index is -1.01. The quantitative estimate of drug-likeness (QED) is 0.771. The molecule has 4 rings (SSSR count). The van der Waals surface area contributed by atoms with Gasteiger partial charge in [0.25, 0.3) is 5.91 Å². The summed E-state index contributed by atoms with van der Waals surface area (Å²) in [5.41, 5.74) is 0.203. The third kappa shape index (κ3) is 4.76. The summed E-state index contributed by atoms with van der Waals surface area (Å²) >= 11 is 1.74. The van der Waals surface area contributed by atoms with Gasteiger partial charge in [-0.25, -0.2) is 13.6 Å². The monoisotopic (exact) mass is 447 g/mol. The molecule has 164 valence electrons. The van der Waals surface area contributed by atoms with Crippen LogP contribution in [-0.2, 0) is 4.79 Å². The van der Waals surface area contributed by atoms with Crippen LogP contribution in [0.3, 0.4) is 0 Å². The van der Waals surface area contributed by atoms with Crippen LogP contribution in [0.15, 0.2) is 48.5 Å². The van der Waals surface area contributed by atoms with Crippen molar-refractivity contribution in [1.82, 2.24) is 9.80 Å². The van der Waals surface area contributed by atoms with Crippen LogP contribution in [0.25, 0.3) is 0 Å². The van der Waals surface area contributed by atoms with Gasteiger partial charge in [0.05, 0.1) is 4.87 Å². The van der Waals surface area contributed by atoms with Crippen LogP contribution in [0.4, 0.5) is 19.3 Å². The average Bonchev–Trinajstić information content (AvgIpc) is 3.18. The topological polar surface area (TPSA) is 61.9 Å². The van der Waals surface area contributed by atoms with Crippen molar-refractivity contribution in [3.63, 3.8) is 0 Å². The molecule has 2 aromatic rings. The Morgan fingerprint density at radius 3 is 2.48 bits per heavy atom. The molecule has 9 heteroatoms. The predicted molar refractivity (Wildman–Crippen MR) is 115 cm³/mol. The fourth-order valence-electron chi connectivity index (χ4n) is 3.95. The molecule has 0 bridgehead atoms. The fourth-order valence-corrected chi connectivity index (χ4v) is 5.42. The largest absolute Gasteiger partial charge is 0.484 e. The van der Waals surface area contributed by atoms with E-state index in [2.05, 4.69) is 5.32 Å². The van der Waals surface area contributed by atoms with E-state index < -0.39 is 11.6 Å². The van der Waals surface area contributed by atoms with Gasteiger partial charge in [-0.15, -0.1) is 11.8 Å². The van der Waals surface area contributed by atoms with Crippen LogP contribution in [0, 0.1) is 11.6 Å². The molecule has 0 atom stereocenters. The molecule has 1 N–H and O–H groups in total. The number of thioether (sulfide) groups is 1. The van der Waals surface area contributed by atoms with Gasteiger partial charge in [0, 0.05) is 37.1 Å². The van der Waals surface area contributed by atoms with Crippen LogP contribution in [-0.4, -0.2) is 58.6 Å². The van der Waals surface area contributed by atoms with Gasteiger partial charge in [-0.05, 0) is 37.1 Å². The van der Waals surface area contributed by atoms with Crippen LogP contribution in [0.5, 0.6) is 5.75 Å². The lowest BCUT2D eigenvalue weighted by Crippen LogP contribution is -2.55. The summed E-state index contributed by atoms with van der Waals surface area (Å²) in [6, 6.07) is 12.1. The van der Waals surface area contributed by atoms with Crippen LogP contribution in [0.1, 0.15) is 12.8 Å². The Morgan fingerprint density at radius 2 is 1.77 bits per heavy atom. The summed E-state index contributed by atoms with van der Waals surface area (Å²) in [7, 11) is 0. The minimum Gasteiger partial charge on any atom is -0.484 e. The number of para-hydroxylation sites is 1. The zero-order chi connectivity index (χ0) is 21.8. The van der Waals surface area contributed by atoms with Crippen molar-refractivity contribution in [1.29, 1.82) is 0 Å². The van der Waals surface area contributed by atoms with Gasteiger partial charge in [-0.1, -0.05) is 18.2 Å². The summed E-state index contributed by atoms with van der Waals surface area (Å²) < 4.78 is 32.1. The van der Waals surface area contributed by atoms with Gasteiger partial charge in [0.2, 0.25) is 0 Å². The van der Waals surface area contributed by atoms with E-state index in [9.17, 15) is 18.4 Å². The van der Waals surface area contributed by atoms with Crippen molar-refractivity contribution in [2.24, 2.45) is 0 Å². The standard InChI is InChI=1S/C22H23F2N3O3S/c23-18-7-6-16(14-19(18)24)25-21(29)26-10-8-22(9-11-26)27(12-13-31-22)20(28)15-30-17-4-2-1-3-5-17/h1-7,14H,8-13,15H2,(H,25,29). The van der Waals surface area contributed by atoms with Crippen molar-refractivity contribution >= 4 is 29.4 Å². The van der Waals surface area contributed by atoms with Gasteiger partial charge >= 0.3 is 6.03 Å².